The van der Waals surface area contributed by atoms with Crippen LogP contribution < -0.4 is 19.1 Å². The van der Waals surface area contributed by atoms with Crippen molar-refractivity contribution in [2.24, 2.45) is 10.3 Å². The number of ether oxygens (including phenoxy) is 3. The Morgan fingerprint density at radius 2 is 1.77 bits per heavy atom. The molecule has 0 aliphatic carbocycles. The summed E-state index contributed by atoms with van der Waals surface area (Å²) in [6.45, 7) is 2.38. The molecule has 12 heteroatoms. The van der Waals surface area contributed by atoms with E-state index >= 15 is 0 Å². The number of rotatable bonds is 8. The average Bonchev–Trinajstić information content (AvgIpc) is 3.57. The Balaban J connectivity index is 1.37. The zero-order chi connectivity index (χ0) is 24.5. The molecule has 5 rings (SSSR count). The lowest BCUT2D eigenvalue weighted by molar-refractivity contribution is -0.123. The van der Waals surface area contributed by atoms with E-state index in [1.54, 1.807) is 18.2 Å². The molecule has 0 spiro atoms. The number of carbonyl (C=O) groups is 2. The molecule has 3 aromatic rings. The van der Waals surface area contributed by atoms with Gasteiger partial charge in [0.05, 0.1) is 32.1 Å². The van der Waals surface area contributed by atoms with Gasteiger partial charge in [-0.3, -0.25) is 14.6 Å². The van der Waals surface area contributed by atoms with Crippen LogP contribution in [-0.4, -0.2) is 59.9 Å². The summed E-state index contributed by atoms with van der Waals surface area (Å²) < 4.78 is 21.6. The van der Waals surface area contributed by atoms with E-state index in [9.17, 15) is 9.59 Å². The third-order valence-electron chi connectivity index (χ3n) is 5.65. The minimum atomic E-state index is -0.972. The Bertz CT molecular complexity index is 1280. The van der Waals surface area contributed by atoms with Gasteiger partial charge in [-0.1, -0.05) is 22.5 Å². The number of para-hydroxylation sites is 1. The molecule has 1 aromatic heterocycles. The Morgan fingerprint density at radius 3 is 2.49 bits per heavy atom. The van der Waals surface area contributed by atoms with Gasteiger partial charge in [-0.05, 0) is 19.1 Å². The fourth-order valence-corrected chi connectivity index (χ4v) is 4.03. The van der Waals surface area contributed by atoms with Gasteiger partial charge in [0.25, 0.3) is 11.8 Å². The van der Waals surface area contributed by atoms with Gasteiger partial charge in [-0.15, -0.1) is 0 Å². The molecular weight excluding hydrogens is 456 g/mol. The minimum Gasteiger partial charge on any atom is -0.497 e. The van der Waals surface area contributed by atoms with Crippen molar-refractivity contribution < 1.29 is 28.3 Å². The quantitative estimate of drug-likeness (QED) is 0.448. The number of anilines is 1. The summed E-state index contributed by atoms with van der Waals surface area (Å²) in [5, 5.41) is 13.5. The van der Waals surface area contributed by atoms with Crippen molar-refractivity contribution >= 4 is 17.5 Å². The van der Waals surface area contributed by atoms with Gasteiger partial charge in [0.15, 0.2) is 12.1 Å². The number of imide groups is 1. The highest BCUT2D eigenvalue weighted by atomic mass is 16.5. The Labute approximate surface area is 200 Å². The van der Waals surface area contributed by atoms with Gasteiger partial charge in [0, 0.05) is 18.2 Å². The fraction of sp³-hybridized carbons (Fsp3) is 0.304. The zero-order valence-corrected chi connectivity index (χ0v) is 19.2. The van der Waals surface area contributed by atoms with Crippen LogP contribution in [0.25, 0.3) is 11.4 Å². The van der Waals surface area contributed by atoms with Crippen LogP contribution in [0.15, 0.2) is 57.3 Å². The predicted octanol–water partition coefficient (Wildman–Crippen LogP) is 2.65. The summed E-state index contributed by atoms with van der Waals surface area (Å²) in [5.41, 5.74) is 1.00. The van der Waals surface area contributed by atoms with Crippen LogP contribution in [-0.2, 0) is 16.1 Å². The first-order chi connectivity index (χ1) is 17.0. The summed E-state index contributed by atoms with van der Waals surface area (Å²) in [5.74, 6) is 1.12. The Morgan fingerprint density at radius 1 is 1.03 bits per heavy atom. The van der Waals surface area contributed by atoms with Crippen LogP contribution in [0, 0.1) is 0 Å². The van der Waals surface area contributed by atoms with Gasteiger partial charge in [-0.2, -0.15) is 10.1 Å². The van der Waals surface area contributed by atoms with Gasteiger partial charge < -0.3 is 18.7 Å². The second-order valence-electron chi connectivity index (χ2n) is 7.72. The summed E-state index contributed by atoms with van der Waals surface area (Å²) in [4.78, 5) is 31.9. The maximum absolute atomic E-state index is 13.3. The van der Waals surface area contributed by atoms with Crippen LogP contribution >= 0.6 is 0 Å². The average molecular weight is 478 g/mol. The molecule has 2 amide bonds. The van der Waals surface area contributed by atoms with Crippen LogP contribution in [0.1, 0.15) is 12.8 Å². The van der Waals surface area contributed by atoms with Gasteiger partial charge in [0.2, 0.25) is 11.7 Å². The van der Waals surface area contributed by atoms with E-state index in [-0.39, 0.29) is 12.4 Å². The van der Waals surface area contributed by atoms with E-state index in [1.807, 2.05) is 31.2 Å². The molecular formula is C23H22N6O6. The number of fused-ring (bicyclic) bond motifs is 1. The highest BCUT2D eigenvalue weighted by molar-refractivity contribution is 6.25. The number of hydrogen-bond donors (Lipinski definition) is 0. The molecule has 1 fully saturated rings. The number of methoxy groups -OCH3 is 2. The van der Waals surface area contributed by atoms with Crippen molar-refractivity contribution in [2.45, 2.75) is 25.6 Å². The van der Waals surface area contributed by atoms with Crippen LogP contribution in [0.3, 0.4) is 0 Å². The predicted molar refractivity (Wildman–Crippen MR) is 121 cm³/mol. The number of hydrogen-bond acceptors (Lipinski definition) is 11. The number of benzene rings is 2. The molecule has 2 aliphatic rings. The topological polar surface area (TPSA) is 132 Å². The summed E-state index contributed by atoms with van der Waals surface area (Å²) in [6, 6.07) is 10.3. The minimum absolute atomic E-state index is 0.00274. The molecule has 0 N–H and O–H groups in total. The molecule has 0 saturated carbocycles. The van der Waals surface area contributed by atoms with Gasteiger partial charge in [0.1, 0.15) is 23.8 Å². The summed E-state index contributed by atoms with van der Waals surface area (Å²) >= 11 is 0. The first kappa shape index (κ1) is 22.3. The monoisotopic (exact) mass is 478 g/mol. The highest BCUT2D eigenvalue weighted by Gasteiger charge is 2.55. The first-order valence-electron chi connectivity index (χ1n) is 10.9. The third-order valence-corrected chi connectivity index (χ3v) is 5.65. The number of amides is 2. The maximum atomic E-state index is 13.3. The van der Waals surface area contributed by atoms with E-state index in [4.69, 9.17) is 18.7 Å². The largest absolute Gasteiger partial charge is 0.497 e. The summed E-state index contributed by atoms with van der Waals surface area (Å²) in [6.07, 6.45) is 0. The van der Waals surface area contributed by atoms with E-state index in [1.165, 1.54) is 19.2 Å². The van der Waals surface area contributed by atoms with Crippen LogP contribution in [0.2, 0.25) is 0 Å². The van der Waals surface area contributed by atoms with Crippen molar-refractivity contribution in [1.29, 1.82) is 0 Å². The lowest BCUT2D eigenvalue weighted by Gasteiger charge is -2.20. The fourth-order valence-electron chi connectivity index (χ4n) is 4.03. The lowest BCUT2D eigenvalue weighted by atomic mass is 10.1. The second kappa shape index (κ2) is 9.05. The molecule has 2 aromatic carbocycles. The zero-order valence-electron chi connectivity index (χ0n) is 19.2. The molecule has 0 unspecified atom stereocenters. The third kappa shape index (κ3) is 3.92. The number of carbonyl (C=O) groups excluding carboxylic acids is 2. The Kier molecular flexibility index (Phi) is 5.77. The molecule has 12 nitrogen and oxygen atoms in total. The van der Waals surface area contributed by atoms with Crippen molar-refractivity contribution in [3.63, 3.8) is 0 Å². The Hall–Kier alpha value is -4.48. The molecule has 1 saturated heterocycles. The standard InChI is InChI=1S/C23H22N6O6/c1-4-34-17-8-6-5-7-16(17)21-24-18(35-26-21)12-28-20-19(25-27-28)22(30)29(23(20)31)13-9-14(32-2)11-15(10-13)33-3/h5-11,19-20H,4,12H2,1-3H3/t19-,20-/m0/s1. The molecule has 2 aliphatic heterocycles. The second-order valence-corrected chi connectivity index (χ2v) is 7.72. The highest BCUT2D eigenvalue weighted by Crippen LogP contribution is 2.36. The van der Waals surface area contributed by atoms with Crippen molar-refractivity contribution in [1.82, 2.24) is 15.1 Å². The summed E-state index contributed by atoms with van der Waals surface area (Å²) in [7, 11) is 2.98. The van der Waals surface area contributed by atoms with Gasteiger partial charge >= 0.3 is 0 Å². The smallest absolute Gasteiger partial charge is 0.263 e. The number of nitrogens with zero attached hydrogens (tertiary/aromatic N) is 6. The number of aromatic nitrogens is 2. The van der Waals surface area contributed by atoms with E-state index in [2.05, 4.69) is 20.5 Å². The van der Waals surface area contributed by atoms with Crippen LogP contribution in [0.5, 0.6) is 17.2 Å². The molecule has 2 atom stereocenters. The normalized spacial score (nSPS) is 18.8. The van der Waals surface area contributed by atoms with Crippen LogP contribution in [0.4, 0.5) is 5.69 Å². The van der Waals surface area contributed by atoms with Crippen molar-refractivity contribution in [3.05, 3.63) is 48.4 Å². The molecule has 0 bridgehead atoms. The molecule has 0 radical (unpaired) electrons. The van der Waals surface area contributed by atoms with Gasteiger partial charge in [-0.25, -0.2) is 4.90 Å². The van der Waals surface area contributed by atoms with Crippen molar-refractivity contribution in [2.75, 3.05) is 25.7 Å². The maximum Gasteiger partial charge on any atom is 0.263 e. The first-order valence-corrected chi connectivity index (χ1v) is 10.9. The van der Waals surface area contributed by atoms with E-state index in [0.29, 0.717) is 40.9 Å². The van der Waals surface area contributed by atoms with E-state index in [0.717, 1.165) is 4.90 Å². The molecule has 3 heterocycles. The van der Waals surface area contributed by atoms with E-state index < -0.39 is 23.9 Å². The van der Waals surface area contributed by atoms with Crippen molar-refractivity contribution in [3.8, 4) is 28.6 Å². The molecule has 180 valence electrons. The SMILES string of the molecule is CCOc1ccccc1-c1noc(CN2N=N[C@@H]3C(=O)N(c4cc(OC)cc(OC)c4)C(=O)[C@H]32)n1. The molecule has 35 heavy (non-hydrogen) atoms. The lowest BCUT2D eigenvalue weighted by Crippen LogP contribution is -2.39.